The van der Waals surface area contributed by atoms with Crippen molar-refractivity contribution in [1.82, 2.24) is 10.3 Å². The number of carbonyl (C=O) groups excluding carboxylic acids is 1. The molecule has 0 aliphatic heterocycles. The van der Waals surface area contributed by atoms with E-state index in [4.69, 9.17) is 16.3 Å². The molecule has 1 aromatic heterocycles. The van der Waals surface area contributed by atoms with Crippen molar-refractivity contribution in [3.05, 3.63) is 58.1 Å². The molecule has 0 saturated carbocycles. The summed E-state index contributed by atoms with van der Waals surface area (Å²) in [5, 5.41) is 4.13. The third-order valence-corrected chi connectivity index (χ3v) is 4.48. The Hall–Kier alpha value is -2.11. The van der Waals surface area contributed by atoms with Gasteiger partial charge in [-0.3, -0.25) is 4.79 Å². The van der Waals surface area contributed by atoms with Gasteiger partial charge in [0.25, 0.3) is 5.91 Å². The fraction of sp³-hybridized carbons (Fsp3) is 0.125. The van der Waals surface area contributed by atoms with Gasteiger partial charge in [-0.2, -0.15) is 0 Å². The van der Waals surface area contributed by atoms with Gasteiger partial charge in [-0.1, -0.05) is 23.7 Å². The van der Waals surface area contributed by atoms with Crippen LogP contribution in [0, 0.1) is 0 Å². The summed E-state index contributed by atoms with van der Waals surface area (Å²) in [4.78, 5) is 16.6. The van der Waals surface area contributed by atoms with Crippen molar-refractivity contribution in [3.8, 4) is 5.75 Å². The van der Waals surface area contributed by atoms with Crippen LogP contribution in [-0.4, -0.2) is 18.0 Å². The van der Waals surface area contributed by atoms with Crippen molar-refractivity contribution >= 4 is 39.1 Å². The van der Waals surface area contributed by atoms with E-state index in [0.29, 0.717) is 22.9 Å². The first-order valence-electron chi connectivity index (χ1n) is 6.63. The van der Waals surface area contributed by atoms with Crippen LogP contribution in [0.15, 0.2) is 42.5 Å². The zero-order valence-electron chi connectivity index (χ0n) is 11.8. The van der Waals surface area contributed by atoms with Crippen molar-refractivity contribution in [2.75, 3.05) is 7.11 Å². The molecule has 0 aliphatic carbocycles. The van der Waals surface area contributed by atoms with Crippen molar-refractivity contribution < 1.29 is 9.53 Å². The Balaban J connectivity index is 1.70. The first kappa shape index (κ1) is 14.8. The molecule has 3 rings (SSSR count). The monoisotopic (exact) mass is 332 g/mol. The average molecular weight is 333 g/mol. The van der Waals surface area contributed by atoms with Gasteiger partial charge in [-0.15, -0.1) is 11.3 Å². The average Bonchev–Trinajstić information content (AvgIpc) is 2.95. The van der Waals surface area contributed by atoms with Crippen LogP contribution in [0.1, 0.15) is 15.4 Å². The number of fused-ring (bicyclic) bond motifs is 1. The van der Waals surface area contributed by atoms with Crippen molar-refractivity contribution in [1.29, 1.82) is 0 Å². The van der Waals surface area contributed by atoms with Crippen molar-refractivity contribution in [3.63, 3.8) is 0 Å². The number of nitrogens with one attached hydrogen (secondary N) is 1. The van der Waals surface area contributed by atoms with E-state index in [1.165, 1.54) is 7.11 Å². The topological polar surface area (TPSA) is 51.2 Å². The Labute approximate surface area is 136 Å². The highest BCUT2D eigenvalue weighted by molar-refractivity contribution is 7.18. The van der Waals surface area contributed by atoms with Crippen LogP contribution >= 0.6 is 22.9 Å². The van der Waals surface area contributed by atoms with Crippen molar-refractivity contribution in [2.24, 2.45) is 0 Å². The highest BCUT2D eigenvalue weighted by Gasteiger charge is 2.10. The lowest BCUT2D eigenvalue weighted by atomic mass is 10.2. The molecule has 1 N–H and O–H groups in total. The molecule has 1 heterocycles. The van der Waals surface area contributed by atoms with Gasteiger partial charge in [0.15, 0.2) is 0 Å². The molecular formula is C16H13ClN2O2S. The van der Waals surface area contributed by atoms with E-state index in [2.05, 4.69) is 10.3 Å². The molecule has 3 aromatic rings. The molecule has 0 aliphatic rings. The summed E-state index contributed by atoms with van der Waals surface area (Å²) in [5.41, 5.74) is 1.44. The number of hydrogen-bond acceptors (Lipinski definition) is 4. The Morgan fingerprint density at radius 3 is 2.86 bits per heavy atom. The zero-order chi connectivity index (χ0) is 15.5. The molecule has 0 unspecified atom stereocenters. The number of rotatable bonds is 4. The van der Waals surface area contributed by atoms with Gasteiger partial charge in [-0.25, -0.2) is 4.98 Å². The smallest absolute Gasteiger partial charge is 0.251 e. The minimum absolute atomic E-state index is 0.191. The highest BCUT2D eigenvalue weighted by Crippen LogP contribution is 2.25. The van der Waals surface area contributed by atoms with Crippen LogP contribution in [0.5, 0.6) is 5.75 Å². The van der Waals surface area contributed by atoms with Crippen LogP contribution in [0.4, 0.5) is 0 Å². The second kappa shape index (κ2) is 6.34. The predicted molar refractivity (Wildman–Crippen MR) is 88.8 cm³/mol. The standard InChI is InChI=1S/C16H13ClN2O2S/c1-21-13-7-6-10(8-11(13)17)16(20)18-9-15-19-12-4-2-3-5-14(12)22-15/h2-8H,9H2,1H3,(H,18,20). The Kier molecular flexibility index (Phi) is 4.27. The number of methoxy groups -OCH3 is 1. The van der Waals surface area contributed by atoms with E-state index in [-0.39, 0.29) is 5.91 Å². The SMILES string of the molecule is COc1ccc(C(=O)NCc2nc3ccccc3s2)cc1Cl. The number of ether oxygens (including phenoxy) is 1. The van der Waals surface area contributed by atoms with Crippen LogP contribution in [0.2, 0.25) is 5.02 Å². The molecule has 2 aromatic carbocycles. The summed E-state index contributed by atoms with van der Waals surface area (Å²) < 4.78 is 6.18. The minimum atomic E-state index is -0.191. The van der Waals surface area contributed by atoms with Crippen LogP contribution in [0.3, 0.4) is 0 Å². The lowest BCUT2D eigenvalue weighted by Crippen LogP contribution is -2.22. The zero-order valence-corrected chi connectivity index (χ0v) is 13.4. The largest absolute Gasteiger partial charge is 0.495 e. The van der Waals surface area contributed by atoms with E-state index in [9.17, 15) is 4.79 Å². The number of halogens is 1. The third-order valence-electron chi connectivity index (χ3n) is 3.15. The molecule has 112 valence electrons. The fourth-order valence-corrected chi connectivity index (χ4v) is 3.23. The fourth-order valence-electron chi connectivity index (χ4n) is 2.06. The van der Waals surface area contributed by atoms with Gasteiger partial charge in [0, 0.05) is 5.56 Å². The molecule has 6 heteroatoms. The van der Waals surface area contributed by atoms with Crippen LogP contribution in [0.25, 0.3) is 10.2 Å². The van der Waals surface area contributed by atoms with Gasteiger partial charge in [-0.05, 0) is 30.3 Å². The molecule has 0 spiro atoms. The number of thiazole rings is 1. The predicted octanol–water partition coefficient (Wildman–Crippen LogP) is 3.89. The Morgan fingerprint density at radius 1 is 1.32 bits per heavy atom. The minimum Gasteiger partial charge on any atom is -0.495 e. The van der Waals surface area contributed by atoms with E-state index < -0.39 is 0 Å². The second-order valence-corrected chi connectivity index (χ2v) is 6.13. The summed E-state index contributed by atoms with van der Waals surface area (Å²) in [7, 11) is 1.54. The first-order chi connectivity index (χ1) is 10.7. The van der Waals surface area contributed by atoms with Crippen molar-refractivity contribution in [2.45, 2.75) is 6.54 Å². The lowest BCUT2D eigenvalue weighted by molar-refractivity contribution is 0.0951. The molecule has 0 saturated heterocycles. The number of aromatic nitrogens is 1. The first-order valence-corrected chi connectivity index (χ1v) is 7.83. The molecule has 0 fully saturated rings. The van der Waals surface area contributed by atoms with E-state index in [1.54, 1.807) is 29.5 Å². The third kappa shape index (κ3) is 3.05. The molecule has 4 nitrogen and oxygen atoms in total. The van der Waals surface area contributed by atoms with Gasteiger partial charge in [0.05, 0.1) is 28.9 Å². The number of para-hydroxylation sites is 1. The summed E-state index contributed by atoms with van der Waals surface area (Å²) >= 11 is 7.60. The summed E-state index contributed by atoms with van der Waals surface area (Å²) in [6, 6.07) is 12.8. The molecule has 0 radical (unpaired) electrons. The Morgan fingerprint density at radius 2 is 2.14 bits per heavy atom. The molecule has 1 amide bonds. The maximum atomic E-state index is 12.2. The second-order valence-electron chi connectivity index (χ2n) is 4.61. The van der Waals surface area contributed by atoms with Gasteiger partial charge in [0.1, 0.15) is 10.8 Å². The maximum absolute atomic E-state index is 12.2. The van der Waals surface area contributed by atoms with Gasteiger partial charge in [0.2, 0.25) is 0 Å². The van der Waals surface area contributed by atoms with E-state index in [1.807, 2.05) is 24.3 Å². The summed E-state index contributed by atoms with van der Waals surface area (Å²) in [6.07, 6.45) is 0. The number of hydrogen-bond donors (Lipinski definition) is 1. The number of nitrogens with zero attached hydrogens (tertiary/aromatic N) is 1. The van der Waals surface area contributed by atoms with Crippen LogP contribution in [-0.2, 0) is 6.54 Å². The molecule has 0 atom stereocenters. The van der Waals surface area contributed by atoms with E-state index in [0.717, 1.165) is 15.2 Å². The normalized spacial score (nSPS) is 10.6. The maximum Gasteiger partial charge on any atom is 0.251 e. The highest BCUT2D eigenvalue weighted by atomic mass is 35.5. The van der Waals surface area contributed by atoms with Gasteiger partial charge < -0.3 is 10.1 Å². The Bertz CT molecular complexity index is 799. The molecule has 22 heavy (non-hydrogen) atoms. The number of amides is 1. The van der Waals surface area contributed by atoms with Gasteiger partial charge >= 0.3 is 0 Å². The molecule has 0 bridgehead atoms. The molecular weight excluding hydrogens is 320 g/mol. The number of carbonyl (C=O) groups is 1. The number of benzene rings is 2. The summed E-state index contributed by atoms with van der Waals surface area (Å²) in [5.74, 6) is 0.355. The summed E-state index contributed by atoms with van der Waals surface area (Å²) in [6.45, 7) is 0.391. The quantitative estimate of drug-likeness (QED) is 0.788. The van der Waals surface area contributed by atoms with E-state index >= 15 is 0 Å². The van der Waals surface area contributed by atoms with Crippen LogP contribution < -0.4 is 10.1 Å². The lowest BCUT2D eigenvalue weighted by Gasteiger charge is -2.06.